The number of anilines is 2. The first-order chi connectivity index (χ1) is 15.5. The number of amides is 1. The Labute approximate surface area is 195 Å². The molecular formula is C26H27N3O3S. The number of carbonyl (C=O) groups excluding carboxylic acids is 1. The number of nitriles is 1. The van der Waals surface area contributed by atoms with E-state index in [0.29, 0.717) is 28.1 Å². The molecule has 0 atom stereocenters. The zero-order chi connectivity index (χ0) is 24.3. The average molecular weight is 462 g/mol. The van der Waals surface area contributed by atoms with E-state index in [-0.39, 0.29) is 17.2 Å². The van der Waals surface area contributed by atoms with Gasteiger partial charge in [-0.2, -0.15) is 5.26 Å². The largest absolute Gasteiger partial charge is 0.325 e. The molecule has 7 heteroatoms. The van der Waals surface area contributed by atoms with Crippen LogP contribution < -0.4 is 10.0 Å². The van der Waals surface area contributed by atoms with Crippen molar-refractivity contribution in [1.82, 2.24) is 0 Å². The van der Waals surface area contributed by atoms with E-state index in [2.05, 4.69) is 10.0 Å². The van der Waals surface area contributed by atoms with Crippen molar-refractivity contribution >= 4 is 27.3 Å². The SMILES string of the molecule is Cc1ccc(NS(=O)(=O)c2c(C)c(C)cc(C)c2C)cc1NC(=O)Cc1ccc(C#N)cc1. The van der Waals surface area contributed by atoms with E-state index in [4.69, 9.17) is 5.26 Å². The highest BCUT2D eigenvalue weighted by atomic mass is 32.2. The number of carbonyl (C=O) groups is 1. The molecule has 3 rings (SSSR count). The molecule has 0 saturated carbocycles. The number of hydrogen-bond donors (Lipinski definition) is 2. The lowest BCUT2D eigenvalue weighted by molar-refractivity contribution is -0.115. The summed E-state index contributed by atoms with van der Waals surface area (Å²) >= 11 is 0. The van der Waals surface area contributed by atoms with Crippen LogP contribution >= 0.6 is 0 Å². The lowest BCUT2D eigenvalue weighted by atomic mass is 10.0. The molecule has 0 heterocycles. The maximum atomic E-state index is 13.2. The summed E-state index contributed by atoms with van der Waals surface area (Å²) in [6.07, 6.45) is 0.141. The summed E-state index contributed by atoms with van der Waals surface area (Å²) in [6, 6.07) is 15.9. The second kappa shape index (κ2) is 9.47. The van der Waals surface area contributed by atoms with Crippen molar-refractivity contribution in [1.29, 1.82) is 5.26 Å². The maximum absolute atomic E-state index is 13.2. The van der Waals surface area contributed by atoms with Crippen molar-refractivity contribution < 1.29 is 13.2 Å². The van der Waals surface area contributed by atoms with Crippen LogP contribution in [0.2, 0.25) is 0 Å². The van der Waals surface area contributed by atoms with E-state index < -0.39 is 10.0 Å². The zero-order valence-electron chi connectivity index (χ0n) is 19.4. The van der Waals surface area contributed by atoms with E-state index in [0.717, 1.165) is 22.3 Å². The molecule has 0 saturated heterocycles. The first kappa shape index (κ1) is 24.0. The molecule has 33 heavy (non-hydrogen) atoms. The summed E-state index contributed by atoms with van der Waals surface area (Å²) in [5, 5.41) is 11.7. The highest BCUT2D eigenvalue weighted by Gasteiger charge is 2.22. The Kier molecular flexibility index (Phi) is 6.89. The van der Waals surface area contributed by atoms with Crippen molar-refractivity contribution in [2.45, 2.75) is 45.9 Å². The summed E-state index contributed by atoms with van der Waals surface area (Å²) in [5.41, 5.74) is 6.28. The summed E-state index contributed by atoms with van der Waals surface area (Å²) < 4.78 is 29.1. The van der Waals surface area contributed by atoms with Crippen LogP contribution in [0.25, 0.3) is 0 Å². The van der Waals surface area contributed by atoms with Gasteiger partial charge in [0.2, 0.25) is 5.91 Å². The van der Waals surface area contributed by atoms with Crippen LogP contribution in [0.5, 0.6) is 0 Å². The Morgan fingerprint density at radius 1 is 0.879 bits per heavy atom. The smallest absolute Gasteiger partial charge is 0.262 e. The maximum Gasteiger partial charge on any atom is 0.262 e. The Morgan fingerprint density at radius 3 is 2.06 bits per heavy atom. The highest BCUT2D eigenvalue weighted by Crippen LogP contribution is 2.29. The Morgan fingerprint density at radius 2 is 1.48 bits per heavy atom. The van der Waals surface area contributed by atoms with Gasteiger partial charge in [-0.25, -0.2) is 8.42 Å². The second-order valence-corrected chi connectivity index (χ2v) is 9.88. The van der Waals surface area contributed by atoms with Gasteiger partial charge in [-0.1, -0.05) is 24.3 Å². The molecule has 0 bridgehead atoms. The van der Waals surface area contributed by atoms with Gasteiger partial charge < -0.3 is 5.32 Å². The molecule has 0 spiro atoms. The Bertz CT molecular complexity index is 1340. The van der Waals surface area contributed by atoms with Crippen LogP contribution in [0.15, 0.2) is 53.4 Å². The molecule has 0 aromatic heterocycles. The van der Waals surface area contributed by atoms with Crippen LogP contribution in [0.1, 0.15) is 38.9 Å². The van der Waals surface area contributed by atoms with E-state index >= 15 is 0 Å². The Hall–Kier alpha value is -3.63. The van der Waals surface area contributed by atoms with Gasteiger partial charge in [0.1, 0.15) is 0 Å². The quantitative estimate of drug-likeness (QED) is 0.534. The third kappa shape index (κ3) is 5.41. The van der Waals surface area contributed by atoms with Crippen molar-refractivity contribution in [3.8, 4) is 6.07 Å². The third-order valence-electron chi connectivity index (χ3n) is 5.78. The summed E-state index contributed by atoms with van der Waals surface area (Å²) in [4.78, 5) is 12.8. The minimum absolute atomic E-state index is 0.141. The first-order valence-electron chi connectivity index (χ1n) is 10.5. The molecule has 0 radical (unpaired) electrons. The van der Waals surface area contributed by atoms with Crippen LogP contribution in [-0.4, -0.2) is 14.3 Å². The van der Waals surface area contributed by atoms with Crippen molar-refractivity contribution in [3.05, 3.63) is 87.5 Å². The van der Waals surface area contributed by atoms with Crippen LogP contribution in [0.4, 0.5) is 11.4 Å². The molecule has 0 aliphatic carbocycles. The van der Waals surface area contributed by atoms with E-state index in [1.165, 1.54) is 0 Å². The van der Waals surface area contributed by atoms with Crippen molar-refractivity contribution in [2.24, 2.45) is 0 Å². The summed E-state index contributed by atoms with van der Waals surface area (Å²) in [6.45, 7) is 9.25. The van der Waals surface area contributed by atoms with Gasteiger partial charge in [-0.15, -0.1) is 0 Å². The van der Waals surface area contributed by atoms with Crippen LogP contribution in [-0.2, 0) is 21.2 Å². The molecule has 170 valence electrons. The number of sulfonamides is 1. The predicted octanol–water partition coefficient (Wildman–Crippen LogP) is 5.08. The van der Waals surface area contributed by atoms with Crippen LogP contribution in [0.3, 0.4) is 0 Å². The normalized spacial score (nSPS) is 11.0. The molecule has 0 fully saturated rings. The van der Waals surface area contributed by atoms with Gasteiger partial charge in [0, 0.05) is 5.69 Å². The van der Waals surface area contributed by atoms with E-state index in [9.17, 15) is 13.2 Å². The number of aryl methyl sites for hydroxylation is 3. The van der Waals surface area contributed by atoms with Crippen molar-refractivity contribution in [3.63, 3.8) is 0 Å². The molecule has 0 unspecified atom stereocenters. The standard InChI is InChI=1S/C26H27N3O3S/c1-16-6-11-23(29-33(31,32)26-19(4)17(2)12-18(3)20(26)5)14-24(16)28-25(30)13-21-7-9-22(15-27)10-8-21/h6-12,14,29H,13H2,1-5H3,(H,28,30). The first-order valence-corrected chi connectivity index (χ1v) is 12.0. The molecular weight excluding hydrogens is 434 g/mol. The molecule has 1 amide bonds. The number of benzene rings is 3. The molecule has 3 aromatic carbocycles. The van der Waals surface area contributed by atoms with E-state index in [1.807, 2.05) is 32.9 Å². The molecule has 0 aliphatic rings. The number of hydrogen-bond acceptors (Lipinski definition) is 4. The summed E-state index contributed by atoms with van der Waals surface area (Å²) in [5.74, 6) is -0.233. The fourth-order valence-corrected chi connectivity index (χ4v) is 5.35. The lowest BCUT2D eigenvalue weighted by Crippen LogP contribution is -2.18. The number of nitrogens with zero attached hydrogens (tertiary/aromatic N) is 1. The lowest BCUT2D eigenvalue weighted by Gasteiger charge is -2.17. The van der Waals surface area contributed by atoms with Gasteiger partial charge in [0.25, 0.3) is 10.0 Å². The van der Waals surface area contributed by atoms with Gasteiger partial charge >= 0.3 is 0 Å². The number of rotatable bonds is 6. The second-order valence-electron chi connectivity index (χ2n) is 8.26. The van der Waals surface area contributed by atoms with Crippen molar-refractivity contribution in [2.75, 3.05) is 10.0 Å². The molecule has 6 nitrogen and oxygen atoms in total. The predicted molar refractivity (Wildman–Crippen MR) is 131 cm³/mol. The molecule has 2 N–H and O–H groups in total. The fourth-order valence-electron chi connectivity index (χ4n) is 3.69. The number of nitrogens with one attached hydrogen (secondary N) is 2. The topological polar surface area (TPSA) is 99.1 Å². The Balaban J connectivity index is 1.83. The average Bonchev–Trinajstić information content (AvgIpc) is 2.75. The highest BCUT2D eigenvalue weighted by molar-refractivity contribution is 7.92. The third-order valence-corrected chi connectivity index (χ3v) is 7.43. The minimum atomic E-state index is -3.82. The van der Waals surface area contributed by atoms with Gasteiger partial charge in [-0.05, 0) is 92.3 Å². The minimum Gasteiger partial charge on any atom is -0.325 e. The van der Waals surface area contributed by atoms with Gasteiger partial charge in [-0.3, -0.25) is 9.52 Å². The van der Waals surface area contributed by atoms with Crippen LogP contribution in [0, 0.1) is 45.9 Å². The molecule has 0 aliphatic heterocycles. The van der Waals surface area contributed by atoms with Gasteiger partial charge in [0.05, 0.1) is 28.6 Å². The summed E-state index contributed by atoms with van der Waals surface area (Å²) in [7, 11) is -3.82. The monoisotopic (exact) mass is 461 g/mol. The zero-order valence-corrected chi connectivity index (χ0v) is 20.2. The molecule has 3 aromatic rings. The fraction of sp³-hybridized carbons (Fsp3) is 0.231. The van der Waals surface area contributed by atoms with E-state index in [1.54, 1.807) is 56.3 Å². The van der Waals surface area contributed by atoms with Gasteiger partial charge in [0.15, 0.2) is 0 Å².